The minimum atomic E-state index is 0.559. The van der Waals surface area contributed by atoms with Crippen LogP contribution < -0.4 is 15.0 Å². The molecule has 18 heavy (non-hydrogen) atoms. The standard InChI is InChI=1S/C13H22N4O/c1-10-12(15-9-16-13(10)18-3)17(2)8-11-6-4-5-7-14-11/h9,11,14H,4-8H2,1-3H3. The van der Waals surface area contributed by atoms with Gasteiger partial charge < -0.3 is 15.0 Å². The Bertz CT molecular complexity index is 391. The summed E-state index contributed by atoms with van der Waals surface area (Å²) in [6.45, 7) is 4.10. The van der Waals surface area contributed by atoms with Crippen LogP contribution in [0.15, 0.2) is 6.33 Å². The van der Waals surface area contributed by atoms with Gasteiger partial charge >= 0.3 is 0 Å². The minimum Gasteiger partial charge on any atom is -0.481 e. The predicted octanol–water partition coefficient (Wildman–Crippen LogP) is 1.37. The van der Waals surface area contributed by atoms with Gasteiger partial charge in [0.2, 0.25) is 5.88 Å². The second-order valence-electron chi connectivity index (χ2n) is 4.86. The van der Waals surface area contributed by atoms with Gasteiger partial charge in [-0.05, 0) is 26.3 Å². The van der Waals surface area contributed by atoms with Crippen LogP contribution >= 0.6 is 0 Å². The van der Waals surface area contributed by atoms with Crippen molar-refractivity contribution in [1.29, 1.82) is 0 Å². The molecule has 0 bridgehead atoms. The van der Waals surface area contributed by atoms with Crippen LogP contribution in [0, 0.1) is 6.92 Å². The van der Waals surface area contributed by atoms with Gasteiger partial charge in [0.15, 0.2) is 0 Å². The Kier molecular flexibility index (Phi) is 4.36. The number of hydrogen-bond acceptors (Lipinski definition) is 5. The summed E-state index contributed by atoms with van der Waals surface area (Å²) in [5.41, 5.74) is 0.998. The number of nitrogens with one attached hydrogen (secondary N) is 1. The fourth-order valence-corrected chi connectivity index (χ4v) is 2.51. The summed E-state index contributed by atoms with van der Waals surface area (Å²) in [5.74, 6) is 1.61. The number of hydrogen-bond donors (Lipinski definition) is 1. The minimum absolute atomic E-state index is 0.559. The van der Waals surface area contributed by atoms with Gasteiger partial charge in [0.05, 0.1) is 12.7 Å². The van der Waals surface area contributed by atoms with Crippen molar-refractivity contribution in [1.82, 2.24) is 15.3 Å². The first-order chi connectivity index (χ1) is 8.72. The molecule has 0 saturated carbocycles. The first-order valence-electron chi connectivity index (χ1n) is 6.52. The molecule has 1 aromatic heterocycles. The molecule has 0 spiro atoms. The zero-order valence-electron chi connectivity index (χ0n) is 11.4. The molecule has 1 aromatic rings. The molecule has 5 heteroatoms. The Morgan fingerprint density at radius 1 is 1.44 bits per heavy atom. The lowest BCUT2D eigenvalue weighted by Gasteiger charge is -2.29. The molecule has 2 heterocycles. The maximum Gasteiger partial charge on any atom is 0.221 e. The van der Waals surface area contributed by atoms with Crippen LogP contribution in [0.2, 0.25) is 0 Å². The van der Waals surface area contributed by atoms with E-state index in [0.717, 1.165) is 24.5 Å². The zero-order chi connectivity index (χ0) is 13.0. The fourth-order valence-electron chi connectivity index (χ4n) is 2.51. The lowest BCUT2D eigenvalue weighted by molar-refractivity contribution is 0.391. The van der Waals surface area contributed by atoms with Crippen molar-refractivity contribution >= 4 is 5.82 Å². The second kappa shape index (κ2) is 6.00. The van der Waals surface area contributed by atoms with E-state index >= 15 is 0 Å². The maximum atomic E-state index is 5.23. The van der Waals surface area contributed by atoms with Gasteiger partial charge in [-0.15, -0.1) is 0 Å². The SMILES string of the molecule is COc1ncnc(N(C)CC2CCCCN2)c1C. The molecule has 5 nitrogen and oxygen atoms in total. The number of aromatic nitrogens is 2. The van der Waals surface area contributed by atoms with E-state index in [1.165, 1.54) is 19.3 Å². The Labute approximate surface area is 109 Å². The lowest BCUT2D eigenvalue weighted by Crippen LogP contribution is -2.42. The Morgan fingerprint density at radius 2 is 2.28 bits per heavy atom. The monoisotopic (exact) mass is 250 g/mol. The molecule has 2 rings (SSSR count). The average Bonchev–Trinajstić information content (AvgIpc) is 2.40. The van der Waals surface area contributed by atoms with Crippen LogP contribution in [0.5, 0.6) is 5.88 Å². The highest BCUT2D eigenvalue weighted by atomic mass is 16.5. The van der Waals surface area contributed by atoms with Crippen molar-refractivity contribution in [2.45, 2.75) is 32.2 Å². The summed E-state index contributed by atoms with van der Waals surface area (Å²) in [7, 11) is 3.72. The summed E-state index contributed by atoms with van der Waals surface area (Å²) in [6, 6.07) is 0.559. The number of likely N-dealkylation sites (N-methyl/N-ethyl adjacent to an activating group) is 1. The van der Waals surface area contributed by atoms with Gasteiger partial charge in [0, 0.05) is 19.6 Å². The highest BCUT2D eigenvalue weighted by molar-refractivity contribution is 5.49. The summed E-state index contributed by atoms with van der Waals surface area (Å²) >= 11 is 0. The van der Waals surface area contributed by atoms with Crippen LogP contribution in [-0.2, 0) is 0 Å². The summed E-state index contributed by atoms with van der Waals surface area (Å²) in [6.07, 6.45) is 5.41. The van der Waals surface area contributed by atoms with E-state index in [9.17, 15) is 0 Å². The molecule has 1 atom stereocenters. The normalized spacial score (nSPS) is 19.6. The van der Waals surface area contributed by atoms with Gasteiger partial charge in [-0.2, -0.15) is 0 Å². The van der Waals surface area contributed by atoms with Crippen LogP contribution in [0.1, 0.15) is 24.8 Å². The van der Waals surface area contributed by atoms with E-state index in [2.05, 4.69) is 27.2 Å². The predicted molar refractivity (Wildman–Crippen MR) is 72.2 cm³/mol. The lowest BCUT2D eigenvalue weighted by atomic mass is 10.0. The summed E-state index contributed by atoms with van der Waals surface area (Å²) in [5, 5.41) is 3.55. The molecule has 1 aliphatic heterocycles. The van der Waals surface area contributed by atoms with Crippen LogP contribution in [0.3, 0.4) is 0 Å². The van der Waals surface area contributed by atoms with Gasteiger partial charge in [-0.3, -0.25) is 0 Å². The Morgan fingerprint density at radius 3 is 2.94 bits per heavy atom. The molecule has 1 fully saturated rings. The first kappa shape index (κ1) is 13.1. The van der Waals surface area contributed by atoms with Crippen LogP contribution in [-0.4, -0.2) is 43.3 Å². The van der Waals surface area contributed by atoms with Crippen molar-refractivity contribution in [3.05, 3.63) is 11.9 Å². The third kappa shape index (κ3) is 2.90. The molecule has 1 aliphatic rings. The van der Waals surface area contributed by atoms with Gasteiger partial charge in [0.25, 0.3) is 0 Å². The molecule has 0 aromatic carbocycles. The topological polar surface area (TPSA) is 50.3 Å². The number of rotatable bonds is 4. The summed E-state index contributed by atoms with van der Waals surface area (Å²) < 4.78 is 5.23. The zero-order valence-corrected chi connectivity index (χ0v) is 11.4. The maximum absolute atomic E-state index is 5.23. The van der Waals surface area contributed by atoms with Crippen molar-refractivity contribution < 1.29 is 4.74 Å². The molecule has 0 amide bonds. The second-order valence-corrected chi connectivity index (χ2v) is 4.86. The molecular weight excluding hydrogens is 228 g/mol. The molecule has 0 aliphatic carbocycles. The quantitative estimate of drug-likeness (QED) is 0.874. The molecule has 100 valence electrons. The van der Waals surface area contributed by atoms with Crippen molar-refractivity contribution in [2.75, 3.05) is 32.1 Å². The summed E-state index contributed by atoms with van der Waals surface area (Å²) in [4.78, 5) is 10.7. The number of piperidine rings is 1. The first-order valence-corrected chi connectivity index (χ1v) is 6.52. The molecular formula is C13H22N4O. The van der Waals surface area contributed by atoms with Gasteiger partial charge in [0.1, 0.15) is 12.1 Å². The van der Waals surface area contributed by atoms with E-state index < -0.39 is 0 Å². The third-order valence-electron chi connectivity index (χ3n) is 3.47. The van der Waals surface area contributed by atoms with Crippen molar-refractivity contribution in [3.63, 3.8) is 0 Å². The number of nitrogens with zero attached hydrogens (tertiary/aromatic N) is 3. The third-order valence-corrected chi connectivity index (χ3v) is 3.47. The Hall–Kier alpha value is -1.36. The van der Waals surface area contributed by atoms with Crippen molar-refractivity contribution in [3.8, 4) is 5.88 Å². The van der Waals surface area contributed by atoms with Gasteiger partial charge in [-0.1, -0.05) is 6.42 Å². The van der Waals surface area contributed by atoms with E-state index in [1.807, 2.05) is 6.92 Å². The average molecular weight is 250 g/mol. The number of ether oxygens (including phenoxy) is 1. The highest BCUT2D eigenvalue weighted by Crippen LogP contribution is 2.23. The van der Waals surface area contributed by atoms with Gasteiger partial charge in [-0.25, -0.2) is 9.97 Å². The van der Waals surface area contributed by atoms with Crippen molar-refractivity contribution in [2.24, 2.45) is 0 Å². The number of anilines is 1. The van der Waals surface area contributed by atoms with E-state index in [1.54, 1.807) is 13.4 Å². The Balaban J connectivity index is 2.05. The van der Waals surface area contributed by atoms with E-state index in [-0.39, 0.29) is 0 Å². The molecule has 1 saturated heterocycles. The highest BCUT2D eigenvalue weighted by Gasteiger charge is 2.17. The number of methoxy groups -OCH3 is 1. The fraction of sp³-hybridized carbons (Fsp3) is 0.692. The van der Waals surface area contributed by atoms with E-state index in [4.69, 9.17) is 4.74 Å². The van der Waals surface area contributed by atoms with E-state index in [0.29, 0.717) is 11.9 Å². The molecule has 1 unspecified atom stereocenters. The molecule has 0 radical (unpaired) electrons. The smallest absolute Gasteiger partial charge is 0.221 e. The van der Waals surface area contributed by atoms with Crippen LogP contribution in [0.25, 0.3) is 0 Å². The van der Waals surface area contributed by atoms with Crippen LogP contribution in [0.4, 0.5) is 5.82 Å². The largest absolute Gasteiger partial charge is 0.481 e. The molecule has 1 N–H and O–H groups in total.